The van der Waals surface area contributed by atoms with Crippen LogP contribution in [0.4, 0.5) is 0 Å². The van der Waals surface area contributed by atoms with E-state index in [2.05, 4.69) is 24.8 Å². The Morgan fingerprint density at radius 3 is 2.80 bits per heavy atom. The van der Waals surface area contributed by atoms with Gasteiger partial charge in [-0.1, -0.05) is 0 Å². The molecule has 8 heteroatoms. The number of hydrogen-bond acceptors (Lipinski definition) is 7. The molecule has 0 saturated carbocycles. The predicted octanol–water partition coefficient (Wildman–Crippen LogP) is 0.871. The van der Waals surface area contributed by atoms with Crippen molar-refractivity contribution in [2.45, 2.75) is 26.1 Å². The summed E-state index contributed by atoms with van der Waals surface area (Å²) in [4.78, 5) is 29.9. The van der Waals surface area contributed by atoms with E-state index in [0.29, 0.717) is 42.2 Å². The molecular weight excluding hydrogens is 322 g/mol. The monoisotopic (exact) mass is 339 g/mol. The number of aromatic nitrogens is 4. The Morgan fingerprint density at radius 2 is 2.04 bits per heavy atom. The molecule has 0 amide bonds. The lowest BCUT2D eigenvalue weighted by Gasteiger charge is -2.26. The Labute approximate surface area is 143 Å². The third-order valence-electron chi connectivity index (χ3n) is 4.23. The zero-order valence-corrected chi connectivity index (χ0v) is 13.5. The smallest absolute Gasteiger partial charge is 0.255 e. The molecule has 0 spiro atoms. The number of rotatable bonds is 4. The van der Waals surface area contributed by atoms with Crippen LogP contribution in [-0.2, 0) is 26.1 Å². The first-order valence-corrected chi connectivity index (χ1v) is 8.01. The third kappa shape index (κ3) is 3.21. The van der Waals surface area contributed by atoms with Crippen LogP contribution >= 0.6 is 0 Å². The van der Waals surface area contributed by atoms with Gasteiger partial charge in [0, 0.05) is 31.9 Å². The van der Waals surface area contributed by atoms with Gasteiger partial charge in [0.15, 0.2) is 0 Å². The Bertz CT molecular complexity index is 935. The first-order valence-electron chi connectivity index (χ1n) is 8.01. The van der Waals surface area contributed by atoms with Crippen LogP contribution < -0.4 is 5.56 Å². The molecule has 3 aromatic heterocycles. The fourth-order valence-electron chi connectivity index (χ4n) is 2.99. The quantitative estimate of drug-likeness (QED) is 0.726. The first kappa shape index (κ1) is 15.7. The lowest BCUT2D eigenvalue weighted by Crippen LogP contribution is -2.35. The second kappa shape index (κ2) is 6.58. The molecule has 0 aromatic carbocycles. The molecule has 0 bridgehead atoms. The molecule has 0 unspecified atom stereocenters. The lowest BCUT2D eigenvalue weighted by atomic mass is 10.1. The molecule has 0 fully saturated rings. The summed E-state index contributed by atoms with van der Waals surface area (Å²) in [6.07, 6.45) is 5.38. The Hall–Kier alpha value is -2.84. The summed E-state index contributed by atoms with van der Waals surface area (Å²) in [5, 5.41) is 9.07. The van der Waals surface area contributed by atoms with Gasteiger partial charge in [0.1, 0.15) is 30.3 Å². The van der Waals surface area contributed by atoms with Crippen LogP contribution in [0.3, 0.4) is 0 Å². The molecule has 3 aromatic rings. The molecule has 1 aliphatic heterocycles. The maximum Gasteiger partial charge on any atom is 0.255 e. The minimum atomic E-state index is -0.135. The molecule has 1 aliphatic rings. The van der Waals surface area contributed by atoms with Crippen LogP contribution in [0.5, 0.6) is 0 Å². The number of aromatic amines is 1. The molecule has 8 nitrogen and oxygen atoms in total. The zero-order valence-electron chi connectivity index (χ0n) is 13.5. The largest absolute Gasteiger partial charge is 0.462 e. The van der Waals surface area contributed by atoms with E-state index in [1.54, 1.807) is 18.5 Å². The second-order valence-electron chi connectivity index (χ2n) is 5.95. The summed E-state index contributed by atoms with van der Waals surface area (Å²) < 4.78 is 5.52. The summed E-state index contributed by atoms with van der Waals surface area (Å²) >= 11 is 0. The van der Waals surface area contributed by atoms with Crippen molar-refractivity contribution < 1.29 is 9.52 Å². The maximum absolute atomic E-state index is 12.5. The van der Waals surface area contributed by atoms with Gasteiger partial charge in [0.25, 0.3) is 5.56 Å². The van der Waals surface area contributed by atoms with Crippen molar-refractivity contribution in [1.82, 2.24) is 24.8 Å². The third-order valence-corrected chi connectivity index (χ3v) is 4.23. The summed E-state index contributed by atoms with van der Waals surface area (Å²) in [6, 6.07) is 3.61. The molecule has 2 N–H and O–H groups in total. The van der Waals surface area contributed by atoms with Crippen molar-refractivity contribution in [2.75, 3.05) is 6.54 Å². The highest BCUT2D eigenvalue weighted by Gasteiger charge is 2.22. The number of hydrogen-bond donors (Lipinski definition) is 2. The zero-order chi connectivity index (χ0) is 17.2. The molecule has 0 aliphatic carbocycles. The summed E-state index contributed by atoms with van der Waals surface area (Å²) in [6.45, 7) is 1.77. The normalized spacial score (nSPS) is 14.4. The standard InChI is InChI=1S/C17H17N5O3/c23-9-13-2-1-12(25-13)7-22-4-3-15-14(8-22)17(24)21-16(20-15)11-5-18-10-19-6-11/h1-2,5-6,10,23H,3-4,7-9H2,(H,20,21,24). The number of furan rings is 1. The van der Waals surface area contributed by atoms with Gasteiger partial charge in [0.2, 0.25) is 0 Å². The van der Waals surface area contributed by atoms with E-state index in [9.17, 15) is 4.79 Å². The van der Waals surface area contributed by atoms with Crippen molar-refractivity contribution in [3.63, 3.8) is 0 Å². The Morgan fingerprint density at radius 1 is 1.24 bits per heavy atom. The van der Waals surface area contributed by atoms with E-state index in [-0.39, 0.29) is 12.2 Å². The summed E-state index contributed by atoms with van der Waals surface area (Å²) in [5.41, 5.74) is 2.05. The van der Waals surface area contributed by atoms with E-state index >= 15 is 0 Å². The average Bonchev–Trinajstić information content (AvgIpc) is 3.10. The van der Waals surface area contributed by atoms with Crippen LogP contribution in [0, 0.1) is 0 Å². The van der Waals surface area contributed by atoms with Gasteiger partial charge in [0.05, 0.1) is 23.4 Å². The minimum absolute atomic E-state index is 0.113. The molecule has 128 valence electrons. The van der Waals surface area contributed by atoms with E-state index in [0.717, 1.165) is 18.0 Å². The fraction of sp³-hybridized carbons (Fsp3) is 0.294. The van der Waals surface area contributed by atoms with Crippen LogP contribution in [0.1, 0.15) is 22.8 Å². The summed E-state index contributed by atoms with van der Waals surface area (Å²) in [7, 11) is 0. The number of fused-ring (bicyclic) bond motifs is 1. The Balaban J connectivity index is 1.56. The van der Waals surface area contributed by atoms with Crippen molar-refractivity contribution >= 4 is 0 Å². The van der Waals surface area contributed by atoms with Crippen LogP contribution in [0.2, 0.25) is 0 Å². The Kier molecular flexibility index (Phi) is 4.12. The van der Waals surface area contributed by atoms with Crippen molar-refractivity contribution in [3.8, 4) is 11.4 Å². The average molecular weight is 339 g/mol. The van der Waals surface area contributed by atoms with E-state index in [1.807, 2.05) is 6.07 Å². The minimum Gasteiger partial charge on any atom is -0.462 e. The van der Waals surface area contributed by atoms with Gasteiger partial charge < -0.3 is 14.5 Å². The van der Waals surface area contributed by atoms with Crippen molar-refractivity contribution in [3.05, 3.63) is 64.0 Å². The van der Waals surface area contributed by atoms with Gasteiger partial charge in [-0.25, -0.2) is 15.0 Å². The molecule has 0 atom stereocenters. The van der Waals surface area contributed by atoms with Crippen molar-refractivity contribution in [2.24, 2.45) is 0 Å². The van der Waals surface area contributed by atoms with Crippen molar-refractivity contribution in [1.29, 1.82) is 0 Å². The SMILES string of the molecule is O=c1[nH]c(-c2cncnc2)nc2c1CN(Cc1ccc(CO)o1)CC2. The maximum atomic E-state index is 12.5. The van der Waals surface area contributed by atoms with Gasteiger partial charge in [-0.05, 0) is 12.1 Å². The van der Waals surface area contributed by atoms with E-state index < -0.39 is 0 Å². The van der Waals surface area contributed by atoms with E-state index in [4.69, 9.17) is 9.52 Å². The molecule has 4 rings (SSSR count). The highest BCUT2D eigenvalue weighted by atomic mass is 16.4. The van der Waals surface area contributed by atoms with Gasteiger partial charge >= 0.3 is 0 Å². The topological polar surface area (TPSA) is 108 Å². The molecule has 4 heterocycles. The molecular formula is C17H17N5O3. The first-order chi connectivity index (χ1) is 12.2. The van der Waals surface area contributed by atoms with Gasteiger partial charge in [-0.2, -0.15) is 0 Å². The number of nitrogens with one attached hydrogen (secondary N) is 1. The van der Waals surface area contributed by atoms with E-state index in [1.165, 1.54) is 6.33 Å². The van der Waals surface area contributed by atoms with Gasteiger partial charge in [-0.3, -0.25) is 9.69 Å². The number of aliphatic hydroxyl groups is 1. The molecule has 0 radical (unpaired) electrons. The highest BCUT2D eigenvalue weighted by molar-refractivity contribution is 5.52. The lowest BCUT2D eigenvalue weighted by molar-refractivity contribution is 0.206. The number of aliphatic hydroxyl groups excluding tert-OH is 1. The van der Waals surface area contributed by atoms with Crippen LogP contribution in [0.15, 0.2) is 40.1 Å². The molecule has 25 heavy (non-hydrogen) atoms. The number of nitrogens with zero attached hydrogens (tertiary/aromatic N) is 4. The number of H-pyrrole nitrogens is 1. The summed E-state index contributed by atoms with van der Waals surface area (Å²) in [5.74, 6) is 1.81. The van der Waals surface area contributed by atoms with Crippen LogP contribution in [-0.4, -0.2) is 36.5 Å². The van der Waals surface area contributed by atoms with Gasteiger partial charge in [-0.15, -0.1) is 0 Å². The second-order valence-corrected chi connectivity index (χ2v) is 5.95. The fourth-order valence-corrected chi connectivity index (χ4v) is 2.99. The molecule has 0 saturated heterocycles. The highest BCUT2D eigenvalue weighted by Crippen LogP contribution is 2.20. The van der Waals surface area contributed by atoms with Crippen LogP contribution in [0.25, 0.3) is 11.4 Å². The predicted molar refractivity (Wildman–Crippen MR) is 88.3 cm³/mol.